The van der Waals surface area contributed by atoms with Crippen molar-refractivity contribution in [3.63, 3.8) is 0 Å². The molecular formula is C23H38OSi. The van der Waals surface area contributed by atoms with Crippen LogP contribution in [0.15, 0.2) is 42.0 Å². The first-order chi connectivity index (χ1) is 11.8. The molecule has 0 heterocycles. The molecule has 0 amide bonds. The van der Waals surface area contributed by atoms with Crippen LogP contribution in [-0.4, -0.2) is 8.32 Å². The van der Waals surface area contributed by atoms with Gasteiger partial charge in [-0.1, -0.05) is 83.4 Å². The van der Waals surface area contributed by atoms with Crippen molar-refractivity contribution >= 4 is 8.32 Å². The molecule has 0 aromatic heterocycles. The van der Waals surface area contributed by atoms with Crippen molar-refractivity contribution in [3.05, 3.63) is 47.5 Å². The van der Waals surface area contributed by atoms with Gasteiger partial charge >= 0.3 is 0 Å². The van der Waals surface area contributed by atoms with Gasteiger partial charge in [-0.15, -0.1) is 0 Å². The highest BCUT2D eigenvalue weighted by atomic mass is 28.4. The number of hydrogen-bond donors (Lipinski definition) is 0. The Morgan fingerprint density at radius 3 is 2.24 bits per heavy atom. The van der Waals surface area contributed by atoms with E-state index in [4.69, 9.17) is 4.43 Å². The van der Waals surface area contributed by atoms with Crippen molar-refractivity contribution < 1.29 is 4.43 Å². The molecule has 1 atom stereocenters. The minimum absolute atomic E-state index is 0.130. The summed E-state index contributed by atoms with van der Waals surface area (Å²) in [5.41, 5.74) is 2.89. The first-order valence-electron chi connectivity index (χ1n) is 10.2. The summed E-state index contributed by atoms with van der Waals surface area (Å²) < 4.78 is 7.03. The molecule has 0 N–H and O–H groups in total. The Morgan fingerprint density at radius 2 is 1.72 bits per heavy atom. The van der Waals surface area contributed by atoms with E-state index in [1.54, 1.807) is 5.57 Å². The Bertz CT molecular complexity index is 547. The topological polar surface area (TPSA) is 9.23 Å². The molecule has 1 aromatic rings. The minimum Gasteiger partial charge on any atom is -0.406 e. The molecule has 0 bridgehead atoms. The molecule has 0 radical (unpaired) electrons. The summed E-state index contributed by atoms with van der Waals surface area (Å²) in [6.07, 6.45) is 10.5. The Balaban J connectivity index is 2.40. The molecule has 1 aliphatic rings. The van der Waals surface area contributed by atoms with Crippen LogP contribution in [-0.2, 0) is 4.43 Å². The minimum atomic E-state index is -1.85. The molecule has 1 saturated carbocycles. The maximum Gasteiger partial charge on any atom is 0.193 e. The lowest BCUT2D eigenvalue weighted by atomic mass is 9.80. The van der Waals surface area contributed by atoms with Crippen molar-refractivity contribution in [1.82, 2.24) is 0 Å². The van der Waals surface area contributed by atoms with Crippen LogP contribution < -0.4 is 0 Å². The summed E-state index contributed by atoms with van der Waals surface area (Å²) in [5, 5.41) is 0.226. The van der Waals surface area contributed by atoms with Gasteiger partial charge < -0.3 is 4.43 Å². The molecule has 2 rings (SSSR count). The zero-order valence-electron chi connectivity index (χ0n) is 17.3. The van der Waals surface area contributed by atoms with Crippen LogP contribution >= 0.6 is 0 Å². The fourth-order valence-corrected chi connectivity index (χ4v) is 4.80. The number of allylic oxidation sites excluding steroid dienone is 1. The van der Waals surface area contributed by atoms with E-state index in [2.05, 4.69) is 77.2 Å². The summed E-state index contributed by atoms with van der Waals surface area (Å²) in [7, 11) is -1.85. The fraction of sp³-hybridized carbons (Fsp3) is 0.652. The van der Waals surface area contributed by atoms with Gasteiger partial charge in [0.15, 0.2) is 8.32 Å². The highest BCUT2D eigenvalue weighted by molar-refractivity contribution is 6.74. The van der Waals surface area contributed by atoms with Crippen LogP contribution in [0.2, 0.25) is 18.1 Å². The summed E-state index contributed by atoms with van der Waals surface area (Å²) >= 11 is 0. The molecule has 2 heteroatoms. The van der Waals surface area contributed by atoms with Gasteiger partial charge in [0.2, 0.25) is 0 Å². The van der Waals surface area contributed by atoms with Crippen LogP contribution in [0.5, 0.6) is 0 Å². The SMILES string of the molecule is CC/C=C(\C1CCCCC1)[C@@H](O[Si](C)(C)C(C)(C)C)c1ccccc1. The largest absolute Gasteiger partial charge is 0.406 e. The van der Waals surface area contributed by atoms with E-state index in [0.29, 0.717) is 5.92 Å². The van der Waals surface area contributed by atoms with E-state index >= 15 is 0 Å². The Kier molecular flexibility index (Phi) is 7.10. The van der Waals surface area contributed by atoms with Gasteiger partial charge in [0, 0.05) is 0 Å². The molecule has 1 fully saturated rings. The summed E-state index contributed by atoms with van der Waals surface area (Å²) in [6.45, 7) is 14.0. The Labute approximate surface area is 157 Å². The van der Waals surface area contributed by atoms with Gasteiger partial charge in [0.05, 0.1) is 6.10 Å². The Hall–Kier alpha value is -0.863. The standard InChI is InChI=1S/C23H38OSi/c1-7-14-21(19-15-10-8-11-16-19)22(20-17-12-9-13-18-20)24-25(5,6)23(2,3)4/h9,12-14,17-19,22H,7-8,10-11,15-16H2,1-6H3/b21-14+/t22-/m0/s1. The maximum absolute atomic E-state index is 7.03. The smallest absolute Gasteiger partial charge is 0.193 e. The van der Waals surface area contributed by atoms with Crippen LogP contribution in [0, 0.1) is 5.92 Å². The number of hydrogen-bond acceptors (Lipinski definition) is 1. The van der Waals surface area contributed by atoms with E-state index in [1.165, 1.54) is 37.7 Å². The summed E-state index contributed by atoms with van der Waals surface area (Å²) in [6, 6.07) is 10.9. The molecule has 0 unspecified atom stereocenters. The molecule has 140 valence electrons. The van der Waals surface area contributed by atoms with Crippen molar-refractivity contribution in [2.24, 2.45) is 5.92 Å². The molecular weight excluding hydrogens is 320 g/mol. The normalized spacial score (nSPS) is 19.0. The summed E-state index contributed by atoms with van der Waals surface area (Å²) in [4.78, 5) is 0. The predicted octanol–water partition coefficient (Wildman–Crippen LogP) is 7.67. The second kappa shape index (κ2) is 8.68. The van der Waals surface area contributed by atoms with Gasteiger partial charge in [0.1, 0.15) is 0 Å². The molecule has 0 spiro atoms. The van der Waals surface area contributed by atoms with E-state index in [1.807, 2.05) is 0 Å². The third-order valence-electron chi connectivity index (χ3n) is 6.14. The Morgan fingerprint density at radius 1 is 1.12 bits per heavy atom. The molecule has 1 aliphatic carbocycles. The number of rotatable bonds is 6. The van der Waals surface area contributed by atoms with Gasteiger partial charge in [-0.2, -0.15) is 0 Å². The first-order valence-corrected chi connectivity index (χ1v) is 13.1. The lowest BCUT2D eigenvalue weighted by Crippen LogP contribution is -2.42. The zero-order chi connectivity index (χ0) is 18.5. The fourth-order valence-electron chi connectivity index (χ4n) is 3.59. The monoisotopic (exact) mass is 358 g/mol. The lowest BCUT2D eigenvalue weighted by Gasteiger charge is -2.41. The third kappa shape index (κ3) is 5.31. The van der Waals surface area contributed by atoms with E-state index in [9.17, 15) is 0 Å². The molecule has 0 saturated heterocycles. The van der Waals surface area contributed by atoms with Crippen molar-refractivity contribution in [1.29, 1.82) is 0 Å². The van der Waals surface area contributed by atoms with Crippen LogP contribution in [0.1, 0.15) is 77.9 Å². The average Bonchev–Trinajstić information content (AvgIpc) is 2.58. The lowest BCUT2D eigenvalue weighted by molar-refractivity contribution is 0.195. The van der Waals surface area contributed by atoms with Gasteiger partial charge in [0.25, 0.3) is 0 Å². The second-order valence-electron chi connectivity index (χ2n) is 9.12. The average molecular weight is 359 g/mol. The highest BCUT2D eigenvalue weighted by Crippen LogP contribution is 2.45. The van der Waals surface area contributed by atoms with Gasteiger partial charge in [-0.25, -0.2) is 0 Å². The van der Waals surface area contributed by atoms with Crippen molar-refractivity contribution in [2.45, 2.75) is 90.5 Å². The van der Waals surface area contributed by atoms with Crippen LogP contribution in [0.3, 0.4) is 0 Å². The summed E-state index contributed by atoms with van der Waals surface area (Å²) in [5.74, 6) is 0.698. The van der Waals surface area contributed by atoms with E-state index in [-0.39, 0.29) is 11.1 Å². The quantitative estimate of drug-likeness (QED) is 0.374. The molecule has 1 nitrogen and oxygen atoms in total. The van der Waals surface area contributed by atoms with Crippen LogP contribution in [0.4, 0.5) is 0 Å². The molecule has 0 aliphatic heterocycles. The van der Waals surface area contributed by atoms with Gasteiger partial charge in [-0.3, -0.25) is 0 Å². The van der Waals surface area contributed by atoms with Crippen LogP contribution in [0.25, 0.3) is 0 Å². The first kappa shape index (κ1) is 20.4. The second-order valence-corrected chi connectivity index (χ2v) is 13.9. The highest BCUT2D eigenvalue weighted by Gasteiger charge is 2.41. The third-order valence-corrected chi connectivity index (χ3v) is 10.6. The van der Waals surface area contributed by atoms with E-state index < -0.39 is 8.32 Å². The zero-order valence-corrected chi connectivity index (χ0v) is 18.3. The van der Waals surface area contributed by atoms with Crippen molar-refractivity contribution in [2.75, 3.05) is 0 Å². The van der Waals surface area contributed by atoms with Gasteiger partial charge in [-0.05, 0) is 54.4 Å². The maximum atomic E-state index is 7.03. The molecule has 25 heavy (non-hydrogen) atoms. The predicted molar refractivity (Wildman–Crippen MR) is 112 cm³/mol. The number of benzene rings is 1. The molecule has 1 aromatic carbocycles. The van der Waals surface area contributed by atoms with E-state index in [0.717, 1.165) is 6.42 Å². The van der Waals surface area contributed by atoms with Crippen molar-refractivity contribution in [3.8, 4) is 0 Å².